The van der Waals surface area contributed by atoms with Crippen molar-refractivity contribution in [1.29, 1.82) is 0 Å². The van der Waals surface area contributed by atoms with Gasteiger partial charge in [0.1, 0.15) is 6.61 Å². The van der Waals surface area contributed by atoms with Crippen LogP contribution in [0, 0.1) is 23.2 Å². The van der Waals surface area contributed by atoms with Crippen molar-refractivity contribution in [3.8, 4) is 0 Å². The first kappa shape index (κ1) is 26.0. The first-order valence-corrected chi connectivity index (χ1v) is 13.5. The average molecular weight is 501 g/mol. The highest BCUT2D eigenvalue weighted by Gasteiger charge is 2.66. The van der Waals surface area contributed by atoms with Crippen molar-refractivity contribution in [3.63, 3.8) is 0 Å². The number of carbonyl (C=O) groups is 1. The van der Waals surface area contributed by atoms with Crippen LogP contribution in [0.15, 0.2) is 6.20 Å². The maximum atomic E-state index is 11.5. The topological polar surface area (TPSA) is 83.8 Å². The number of alkyl carbamates (subject to hydrolysis) is 1. The van der Waals surface area contributed by atoms with E-state index in [2.05, 4.69) is 58.5 Å². The van der Waals surface area contributed by atoms with E-state index in [1.807, 2.05) is 6.20 Å². The quantitative estimate of drug-likeness (QED) is 0.450. The fourth-order valence-corrected chi connectivity index (χ4v) is 8.75. The molecule has 4 bridgehead atoms. The zero-order valence-corrected chi connectivity index (χ0v) is 23.5. The van der Waals surface area contributed by atoms with Crippen LogP contribution in [0.2, 0.25) is 0 Å². The van der Waals surface area contributed by atoms with Crippen LogP contribution in [0.1, 0.15) is 85.8 Å². The third-order valence-electron chi connectivity index (χ3n) is 9.71. The van der Waals surface area contributed by atoms with Crippen molar-refractivity contribution in [2.45, 2.75) is 110 Å². The fourth-order valence-electron chi connectivity index (χ4n) is 8.75. The third kappa shape index (κ3) is 4.39. The van der Waals surface area contributed by atoms with Crippen LogP contribution in [-0.2, 0) is 25.3 Å². The normalized spacial score (nSPS) is 37.9. The van der Waals surface area contributed by atoms with Gasteiger partial charge in [0.2, 0.25) is 0 Å². The first-order valence-electron chi connectivity index (χ1n) is 13.5. The average Bonchev–Trinajstić information content (AvgIpc) is 3.17. The number of nitrogens with one attached hydrogen (secondary N) is 1. The second kappa shape index (κ2) is 8.21. The van der Waals surface area contributed by atoms with Gasteiger partial charge in [-0.15, -0.1) is 0 Å². The molecular weight excluding hydrogens is 457 g/mol. The van der Waals surface area contributed by atoms with Crippen molar-refractivity contribution in [2.24, 2.45) is 16.2 Å². The molecule has 200 valence electrons. The fraction of sp³-hybridized carbons (Fsp3) is 0.852. The lowest BCUT2D eigenvalue weighted by Crippen LogP contribution is -2.64. The molecule has 5 fully saturated rings. The van der Waals surface area contributed by atoms with Crippen molar-refractivity contribution < 1.29 is 23.6 Å². The molecule has 1 aromatic heterocycles. The molecule has 2 heterocycles. The summed E-state index contributed by atoms with van der Waals surface area (Å²) in [6.45, 7) is 17.0. The Bertz CT molecular complexity index is 1000. The summed E-state index contributed by atoms with van der Waals surface area (Å²) >= 11 is 0. The van der Waals surface area contributed by atoms with E-state index >= 15 is 0 Å². The molecule has 0 spiro atoms. The van der Waals surface area contributed by atoms with Crippen LogP contribution in [0.5, 0.6) is 0 Å². The number of carbonyl (C=O) groups excluding carboxylic acids is 1. The summed E-state index contributed by atoms with van der Waals surface area (Å²) in [6.07, 6.45) is 8.34. The van der Waals surface area contributed by atoms with E-state index in [0.717, 1.165) is 37.0 Å². The number of hydrogen-bond donors (Lipinski definition) is 1. The number of hydrogen-bond acceptors (Lipinski definition) is 6. The van der Waals surface area contributed by atoms with Gasteiger partial charge in [0.05, 0.1) is 23.4 Å². The Balaban J connectivity index is 1.35. The van der Waals surface area contributed by atoms with Gasteiger partial charge in [0.15, 0.2) is 0 Å². The Morgan fingerprint density at radius 1 is 1.00 bits per heavy atom. The minimum absolute atomic E-state index is 0.129. The van der Waals surface area contributed by atoms with Gasteiger partial charge >= 0.3 is 13.2 Å². The largest absolute Gasteiger partial charge is 0.498 e. The Kier molecular flexibility index (Phi) is 5.94. The molecule has 0 aromatic carbocycles. The lowest BCUT2D eigenvalue weighted by Gasteiger charge is -2.69. The predicted molar refractivity (Wildman–Crippen MR) is 138 cm³/mol. The minimum Gasteiger partial charge on any atom is -0.447 e. The molecule has 8 nitrogen and oxygen atoms in total. The molecule has 4 saturated carbocycles. The summed E-state index contributed by atoms with van der Waals surface area (Å²) in [5.74, 6) is 0. The molecule has 36 heavy (non-hydrogen) atoms. The van der Waals surface area contributed by atoms with Gasteiger partial charge in [-0.3, -0.25) is 4.68 Å². The van der Waals surface area contributed by atoms with Crippen LogP contribution in [0.4, 0.5) is 4.79 Å². The summed E-state index contributed by atoms with van der Waals surface area (Å²) in [5.41, 5.74) is 1.86. The van der Waals surface area contributed by atoms with Crippen molar-refractivity contribution in [1.82, 2.24) is 15.1 Å². The molecule has 1 N–H and O–H groups in total. The van der Waals surface area contributed by atoms with Gasteiger partial charge in [-0.1, -0.05) is 13.8 Å². The zero-order valence-electron chi connectivity index (χ0n) is 23.5. The Hall–Kier alpha value is -1.58. The standard InChI is InChI=1S/C27H44BN3O5/c1-19-20(28-35-22(2,3)23(4,5)36-28)11-30-31(19)18-26-13-24(6)12-25(7,14-26)16-27(15-24,17-26)34-10-9-33-21(32)29-8/h11H,9-10,12-18H2,1-8H3,(H,29,32). The van der Waals surface area contributed by atoms with Gasteiger partial charge in [0.25, 0.3) is 0 Å². The number of nitrogens with zero attached hydrogens (tertiary/aromatic N) is 2. The monoisotopic (exact) mass is 501 g/mol. The van der Waals surface area contributed by atoms with Crippen LogP contribution in [0.3, 0.4) is 0 Å². The molecule has 2 unspecified atom stereocenters. The van der Waals surface area contributed by atoms with Crippen molar-refractivity contribution >= 4 is 18.7 Å². The molecule has 2 atom stereocenters. The molecule has 6 rings (SSSR count). The molecule has 4 aliphatic carbocycles. The van der Waals surface area contributed by atoms with Gasteiger partial charge < -0.3 is 24.1 Å². The number of aromatic nitrogens is 2. The molecule has 9 heteroatoms. The lowest BCUT2D eigenvalue weighted by atomic mass is 9.39. The molecular formula is C27H44BN3O5. The highest BCUT2D eigenvalue weighted by Crippen LogP contribution is 2.72. The van der Waals surface area contributed by atoms with Gasteiger partial charge in [0, 0.05) is 30.9 Å². The first-order chi connectivity index (χ1) is 16.6. The van der Waals surface area contributed by atoms with Crippen molar-refractivity contribution in [2.75, 3.05) is 20.3 Å². The third-order valence-corrected chi connectivity index (χ3v) is 9.71. The second-order valence-electron chi connectivity index (χ2n) is 14.0. The van der Waals surface area contributed by atoms with E-state index in [-0.39, 0.29) is 39.7 Å². The molecule has 1 saturated heterocycles. The van der Waals surface area contributed by atoms with Crippen LogP contribution >= 0.6 is 0 Å². The van der Waals surface area contributed by atoms with Gasteiger partial charge in [-0.25, -0.2) is 4.79 Å². The predicted octanol–water partition coefficient (Wildman–Crippen LogP) is 3.98. The van der Waals surface area contributed by atoms with E-state index in [1.54, 1.807) is 7.05 Å². The summed E-state index contributed by atoms with van der Waals surface area (Å²) in [6, 6.07) is 0. The maximum Gasteiger partial charge on any atom is 0.498 e. The maximum absolute atomic E-state index is 11.5. The van der Waals surface area contributed by atoms with E-state index in [1.165, 1.54) is 19.3 Å². The lowest BCUT2D eigenvalue weighted by molar-refractivity contribution is -0.249. The molecule has 1 aliphatic heterocycles. The Labute approximate surface area is 216 Å². The highest BCUT2D eigenvalue weighted by molar-refractivity contribution is 6.62. The van der Waals surface area contributed by atoms with Crippen molar-refractivity contribution in [3.05, 3.63) is 11.9 Å². The van der Waals surface area contributed by atoms with Crippen LogP contribution in [-0.4, -0.2) is 60.1 Å². The number of ether oxygens (including phenoxy) is 2. The smallest absolute Gasteiger partial charge is 0.447 e. The van der Waals surface area contributed by atoms with E-state index in [4.69, 9.17) is 23.9 Å². The SMILES string of the molecule is CNC(=O)OCCOC12CC3(C)CC(C)(CC(Cn4ncc(B5OC(C)(C)C(C)(C)O5)c4C)(C3)C1)C2. The summed E-state index contributed by atoms with van der Waals surface area (Å²) < 4.78 is 26.7. The van der Waals surface area contributed by atoms with E-state index in [0.29, 0.717) is 6.61 Å². The summed E-state index contributed by atoms with van der Waals surface area (Å²) in [4.78, 5) is 11.5. The van der Waals surface area contributed by atoms with Crippen LogP contribution < -0.4 is 10.8 Å². The number of rotatable bonds is 7. The minimum atomic E-state index is -0.411. The summed E-state index contributed by atoms with van der Waals surface area (Å²) in [5, 5.41) is 7.35. The van der Waals surface area contributed by atoms with Gasteiger partial charge in [-0.05, 0) is 89.4 Å². The van der Waals surface area contributed by atoms with E-state index in [9.17, 15) is 4.79 Å². The highest BCUT2D eigenvalue weighted by atomic mass is 16.7. The molecule has 5 aliphatic rings. The molecule has 1 amide bonds. The zero-order chi connectivity index (χ0) is 26.2. The summed E-state index contributed by atoms with van der Waals surface area (Å²) in [7, 11) is 1.17. The molecule has 1 aromatic rings. The van der Waals surface area contributed by atoms with Crippen LogP contribution in [0.25, 0.3) is 0 Å². The molecule has 0 radical (unpaired) electrons. The Morgan fingerprint density at radius 2 is 1.61 bits per heavy atom. The number of amides is 1. The van der Waals surface area contributed by atoms with E-state index < -0.39 is 13.2 Å². The Morgan fingerprint density at radius 3 is 2.19 bits per heavy atom. The second-order valence-corrected chi connectivity index (χ2v) is 14.0. The van der Waals surface area contributed by atoms with Gasteiger partial charge in [-0.2, -0.15) is 5.10 Å².